The molecule has 0 aliphatic rings. The van der Waals surface area contributed by atoms with E-state index in [0.717, 1.165) is 17.9 Å². The fourth-order valence-corrected chi connectivity index (χ4v) is 1.62. The fourth-order valence-electron chi connectivity index (χ4n) is 1.62. The highest BCUT2D eigenvalue weighted by Gasteiger charge is 2.02. The zero-order valence-corrected chi connectivity index (χ0v) is 9.30. The van der Waals surface area contributed by atoms with Crippen LogP contribution in [-0.4, -0.2) is 15.6 Å². The Hall–Kier alpha value is -1.97. The SMILES string of the molecule is CC(Cn1ccnc1)Nc1ccc(N)cc1. The Bertz CT molecular complexity index is 419. The molecule has 0 spiro atoms. The standard InChI is InChI=1S/C12H16N4/c1-10(8-16-7-6-14-9-16)15-12-4-2-11(13)3-5-12/h2-7,9-10,15H,8,13H2,1H3. The predicted octanol–water partition coefficient (Wildman–Crippen LogP) is 1.97. The van der Waals surface area contributed by atoms with Gasteiger partial charge in [0.25, 0.3) is 0 Å². The highest BCUT2D eigenvalue weighted by molar-refractivity contribution is 5.51. The maximum atomic E-state index is 5.63. The van der Waals surface area contributed by atoms with E-state index in [1.807, 2.05) is 36.8 Å². The molecule has 0 aliphatic carbocycles. The minimum atomic E-state index is 0.345. The van der Waals surface area contributed by atoms with Crippen molar-refractivity contribution in [3.8, 4) is 0 Å². The van der Waals surface area contributed by atoms with E-state index < -0.39 is 0 Å². The average molecular weight is 216 g/mol. The van der Waals surface area contributed by atoms with Crippen LogP contribution < -0.4 is 11.1 Å². The second-order valence-corrected chi connectivity index (χ2v) is 3.93. The largest absolute Gasteiger partial charge is 0.399 e. The summed E-state index contributed by atoms with van der Waals surface area (Å²) in [7, 11) is 0. The minimum Gasteiger partial charge on any atom is -0.399 e. The molecule has 0 saturated carbocycles. The predicted molar refractivity (Wildman–Crippen MR) is 66.2 cm³/mol. The van der Waals surface area contributed by atoms with Gasteiger partial charge in [-0.15, -0.1) is 0 Å². The number of nitrogens with two attached hydrogens (primary N) is 1. The molecule has 0 radical (unpaired) electrons. The summed E-state index contributed by atoms with van der Waals surface area (Å²) in [5, 5.41) is 3.40. The van der Waals surface area contributed by atoms with Gasteiger partial charge in [-0.3, -0.25) is 0 Å². The summed E-state index contributed by atoms with van der Waals surface area (Å²) >= 11 is 0. The Morgan fingerprint density at radius 2 is 2.12 bits per heavy atom. The number of nitrogens with one attached hydrogen (secondary N) is 1. The van der Waals surface area contributed by atoms with Gasteiger partial charge in [-0.2, -0.15) is 0 Å². The quantitative estimate of drug-likeness (QED) is 0.768. The molecule has 1 unspecified atom stereocenters. The van der Waals surface area contributed by atoms with E-state index >= 15 is 0 Å². The number of nitrogen functional groups attached to an aromatic ring is 1. The monoisotopic (exact) mass is 216 g/mol. The summed E-state index contributed by atoms with van der Waals surface area (Å²) < 4.78 is 2.05. The maximum Gasteiger partial charge on any atom is 0.0946 e. The molecule has 2 aromatic rings. The third-order valence-electron chi connectivity index (χ3n) is 2.37. The van der Waals surface area contributed by atoms with Crippen molar-refractivity contribution in [1.29, 1.82) is 0 Å². The van der Waals surface area contributed by atoms with E-state index in [2.05, 4.69) is 21.8 Å². The highest BCUT2D eigenvalue weighted by atomic mass is 15.1. The Morgan fingerprint density at radius 3 is 2.75 bits per heavy atom. The summed E-state index contributed by atoms with van der Waals surface area (Å²) in [4.78, 5) is 4.01. The van der Waals surface area contributed by atoms with Crippen LogP contribution in [0.5, 0.6) is 0 Å². The number of benzene rings is 1. The zero-order valence-electron chi connectivity index (χ0n) is 9.30. The van der Waals surface area contributed by atoms with Crippen molar-refractivity contribution in [2.75, 3.05) is 11.1 Å². The zero-order chi connectivity index (χ0) is 11.4. The molecule has 84 valence electrons. The normalized spacial score (nSPS) is 12.3. The van der Waals surface area contributed by atoms with Crippen LogP contribution in [0.2, 0.25) is 0 Å². The Balaban J connectivity index is 1.92. The number of hydrogen-bond donors (Lipinski definition) is 2. The number of aromatic nitrogens is 2. The molecule has 0 bridgehead atoms. The maximum absolute atomic E-state index is 5.63. The van der Waals surface area contributed by atoms with Gasteiger partial charge in [0.2, 0.25) is 0 Å². The van der Waals surface area contributed by atoms with Crippen LogP contribution in [0.15, 0.2) is 43.0 Å². The van der Waals surface area contributed by atoms with Gasteiger partial charge < -0.3 is 15.6 Å². The molecule has 0 saturated heterocycles. The molecule has 4 heteroatoms. The highest BCUT2D eigenvalue weighted by Crippen LogP contribution is 2.12. The van der Waals surface area contributed by atoms with Crippen LogP contribution in [0.1, 0.15) is 6.92 Å². The van der Waals surface area contributed by atoms with Gasteiger partial charge >= 0.3 is 0 Å². The molecule has 4 nitrogen and oxygen atoms in total. The van der Waals surface area contributed by atoms with Gasteiger partial charge in [0.15, 0.2) is 0 Å². The van der Waals surface area contributed by atoms with Crippen molar-refractivity contribution in [2.45, 2.75) is 19.5 Å². The van der Waals surface area contributed by atoms with E-state index in [1.54, 1.807) is 6.20 Å². The lowest BCUT2D eigenvalue weighted by atomic mass is 10.2. The van der Waals surface area contributed by atoms with Gasteiger partial charge in [0, 0.05) is 36.4 Å². The van der Waals surface area contributed by atoms with E-state index in [9.17, 15) is 0 Å². The molecule has 2 rings (SSSR count). The van der Waals surface area contributed by atoms with Gasteiger partial charge in [-0.1, -0.05) is 0 Å². The molecule has 3 N–H and O–H groups in total. The molecule has 1 atom stereocenters. The van der Waals surface area contributed by atoms with E-state index in [4.69, 9.17) is 5.73 Å². The molecular formula is C12H16N4. The second-order valence-electron chi connectivity index (χ2n) is 3.93. The third-order valence-corrected chi connectivity index (χ3v) is 2.37. The number of anilines is 2. The van der Waals surface area contributed by atoms with E-state index in [1.165, 1.54) is 0 Å². The number of nitrogens with zero attached hydrogens (tertiary/aromatic N) is 2. The molecule has 0 amide bonds. The number of imidazole rings is 1. The first-order valence-electron chi connectivity index (χ1n) is 5.32. The summed E-state index contributed by atoms with van der Waals surface area (Å²) in [6, 6.07) is 8.11. The van der Waals surface area contributed by atoms with Crippen LogP contribution >= 0.6 is 0 Å². The Morgan fingerprint density at radius 1 is 1.38 bits per heavy atom. The van der Waals surface area contributed by atoms with E-state index in [0.29, 0.717) is 6.04 Å². The lowest BCUT2D eigenvalue weighted by Gasteiger charge is -2.15. The van der Waals surface area contributed by atoms with Gasteiger partial charge in [-0.25, -0.2) is 4.98 Å². The summed E-state index contributed by atoms with van der Waals surface area (Å²) in [5.74, 6) is 0. The summed E-state index contributed by atoms with van der Waals surface area (Å²) in [5.41, 5.74) is 7.50. The van der Waals surface area contributed by atoms with Crippen molar-refractivity contribution in [3.63, 3.8) is 0 Å². The lowest BCUT2D eigenvalue weighted by molar-refractivity contribution is 0.619. The van der Waals surface area contributed by atoms with Crippen molar-refractivity contribution in [3.05, 3.63) is 43.0 Å². The topological polar surface area (TPSA) is 55.9 Å². The van der Waals surface area contributed by atoms with Crippen LogP contribution in [0.3, 0.4) is 0 Å². The number of rotatable bonds is 4. The molecule has 1 aromatic heterocycles. The Kier molecular flexibility index (Phi) is 3.10. The molecular weight excluding hydrogens is 200 g/mol. The van der Waals surface area contributed by atoms with Gasteiger partial charge in [0.05, 0.1) is 6.33 Å². The van der Waals surface area contributed by atoms with E-state index in [-0.39, 0.29) is 0 Å². The van der Waals surface area contributed by atoms with Crippen molar-refractivity contribution < 1.29 is 0 Å². The first-order chi connectivity index (χ1) is 7.74. The first-order valence-corrected chi connectivity index (χ1v) is 5.32. The molecule has 1 heterocycles. The Labute approximate surface area is 95.1 Å². The average Bonchev–Trinajstić information content (AvgIpc) is 2.74. The van der Waals surface area contributed by atoms with Crippen molar-refractivity contribution in [2.24, 2.45) is 0 Å². The number of hydrogen-bond acceptors (Lipinski definition) is 3. The fraction of sp³-hybridized carbons (Fsp3) is 0.250. The molecule has 16 heavy (non-hydrogen) atoms. The van der Waals surface area contributed by atoms with Crippen molar-refractivity contribution >= 4 is 11.4 Å². The molecule has 0 aliphatic heterocycles. The van der Waals surface area contributed by atoms with Crippen LogP contribution in [0.4, 0.5) is 11.4 Å². The summed E-state index contributed by atoms with van der Waals surface area (Å²) in [6.07, 6.45) is 5.57. The van der Waals surface area contributed by atoms with Crippen LogP contribution in [0.25, 0.3) is 0 Å². The summed E-state index contributed by atoms with van der Waals surface area (Å²) in [6.45, 7) is 3.03. The molecule has 0 fully saturated rings. The molecule has 1 aromatic carbocycles. The van der Waals surface area contributed by atoms with Crippen LogP contribution in [-0.2, 0) is 6.54 Å². The first kappa shape index (κ1) is 10.5. The lowest BCUT2D eigenvalue weighted by Crippen LogP contribution is -2.21. The second kappa shape index (κ2) is 4.70. The van der Waals surface area contributed by atoms with Crippen molar-refractivity contribution in [1.82, 2.24) is 9.55 Å². The third kappa shape index (κ3) is 2.76. The minimum absolute atomic E-state index is 0.345. The van der Waals surface area contributed by atoms with Gasteiger partial charge in [-0.05, 0) is 31.2 Å². The smallest absolute Gasteiger partial charge is 0.0946 e. The van der Waals surface area contributed by atoms with Gasteiger partial charge in [0.1, 0.15) is 0 Å². The van der Waals surface area contributed by atoms with Crippen LogP contribution in [0, 0.1) is 0 Å².